The number of carboxylic acid groups (broad SMARTS) is 1. The van der Waals surface area contributed by atoms with Crippen molar-refractivity contribution >= 4 is 28.9 Å². The number of unbranched alkanes of at least 4 members (excludes halogenated alkanes) is 1. The van der Waals surface area contributed by atoms with E-state index in [-0.39, 0.29) is 12.6 Å². The fourth-order valence-electron chi connectivity index (χ4n) is 1.54. The lowest BCUT2D eigenvalue weighted by molar-refractivity contribution is -0.143. The van der Waals surface area contributed by atoms with Gasteiger partial charge in [0.05, 0.1) is 0 Å². The molecule has 1 atom stereocenters. The predicted octanol–water partition coefficient (Wildman–Crippen LogP) is 1.14. The number of oxime groups is 1. The average Bonchev–Trinajstić information content (AvgIpc) is 2.44. The zero-order chi connectivity index (χ0) is 15.5. The van der Waals surface area contributed by atoms with Crippen LogP contribution >= 0.6 is 11.8 Å². The van der Waals surface area contributed by atoms with Crippen LogP contribution < -0.4 is 5.73 Å². The second kappa shape index (κ2) is 10.3. The highest BCUT2D eigenvalue weighted by molar-refractivity contribution is 8.12. The number of ether oxygens (including phenoxy) is 1. The third-order valence-corrected chi connectivity index (χ3v) is 3.09. The molecule has 0 unspecified atom stereocenters. The lowest BCUT2D eigenvalue weighted by Crippen LogP contribution is -2.45. The second-order valence-electron chi connectivity index (χ2n) is 3.98. The lowest BCUT2D eigenvalue weighted by atomic mass is 10.1. The van der Waals surface area contributed by atoms with Crippen LogP contribution in [0.1, 0.15) is 26.2 Å². The molecule has 0 heterocycles. The predicted molar refractivity (Wildman–Crippen MR) is 75.9 cm³/mol. The number of nitrogens with two attached hydrogens (primary N) is 1. The molecule has 0 saturated heterocycles. The van der Waals surface area contributed by atoms with Crippen molar-refractivity contribution in [2.45, 2.75) is 32.2 Å². The van der Waals surface area contributed by atoms with Gasteiger partial charge >= 0.3 is 11.3 Å². The molecule has 4 N–H and O–H groups in total. The van der Waals surface area contributed by atoms with Gasteiger partial charge in [0, 0.05) is 0 Å². The first-order valence-corrected chi connectivity index (χ1v) is 7.29. The number of nitrogens with zero attached hydrogens (tertiary/aromatic N) is 2. The van der Waals surface area contributed by atoms with Crippen LogP contribution in [0.15, 0.2) is 5.16 Å². The van der Waals surface area contributed by atoms with Crippen LogP contribution in [-0.2, 0) is 9.53 Å². The number of hydrogen-bond acceptors (Lipinski definition) is 7. The Kier molecular flexibility index (Phi) is 9.56. The molecule has 0 bridgehead atoms. The fourth-order valence-corrected chi connectivity index (χ4v) is 1.71. The first-order chi connectivity index (χ1) is 9.47. The highest BCUT2D eigenvalue weighted by Gasteiger charge is 2.27. The highest BCUT2D eigenvalue weighted by Crippen LogP contribution is 2.12. The Balaban J connectivity index is 4.83. The van der Waals surface area contributed by atoms with Gasteiger partial charge in [-0.2, -0.15) is 0 Å². The Bertz CT molecular complexity index is 351. The van der Waals surface area contributed by atoms with E-state index in [0.717, 1.165) is 11.8 Å². The van der Waals surface area contributed by atoms with Crippen LogP contribution in [0.3, 0.4) is 0 Å². The van der Waals surface area contributed by atoms with Gasteiger partial charge in [-0.1, -0.05) is 5.16 Å². The van der Waals surface area contributed by atoms with Gasteiger partial charge < -0.3 is 25.7 Å². The minimum absolute atomic E-state index is 0.0686. The van der Waals surface area contributed by atoms with E-state index >= 15 is 0 Å². The number of amidine groups is 1. The summed E-state index contributed by atoms with van der Waals surface area (Å²) >= 11 is 0.874. The van der Waals surface area contributed by atoms with Crippen molar-refractivity contribution in [3.05, 3.63) is 0 Å². The normalized spacial score (nSPS) is 12.8. The molecule has 0 radical (unpaired) electrons. The molecule has 0 saturated carbocycles. The molecule has 0 aliphatic heterocycles. The van der Waals surface area contributed by atoms with E-state index in [1.165, 1.54) is 11.8 Å². The van der Waals surface area contributed by atoms with Crippen molar-refractivity contribution in [2.75, 3.05) is 19.5 Å². The van der Waals surface area contributed by atoms with Crippen molar-refractivity contribution in [3.8, 4) is 0 Å². The van der Waals surface area contributed by atoms with E-state index in [2.05, 4.69) is 5.16 Å². The van der Waals surface area contributed by atoms with E-state index in [0.29, 0.717) is 25.8 Å². The monoisotopic (exact) mass is 307 g/mol. The van der Waals surface area contributed by atoms with E-state index in [4.69, 9.17) is 15.7 Å². The third-order valence-electron chi connectivity index (χ3n) is 2.64. The molecule has 0 aliphatic carbocycles. The van der Waals surface area contributed by atoms with Crippen molar-refractivity contribution in [2.24, 2.45) is 10.9 Å². The minimum atomic E-state index is -1.08. The van der Waals surface area contributed by atoms with E-state index < -0.39 is 17.3 Å². The van der Waals surface area contributed by atoms with Crippen LogP contribution in [0.4, 0.5) is 4.79 Å². The van der Waals surface area contributed by atoms with Gasteiger partial charge in [-0.05, 0) is 50.7 Å². The molecule has 0 spiro atoms. The quantitative estimate of drug-likeness (QED) is 0.116. The summed E-state index contributed by atoms with van der Waals surface area (Å²) in [5, 5.41) is 20.5. The number of thioether (sulfide) groups is 1. The van der Waals surface area contributed by atoms with Crippen LogP contribution in [0.5, 0.6) is 0 Å². The van der Waals surface area contributed by atoms with E-state index in [9.17, 15) is 14.7 Å². The van der Waals surface area contributed by atoms with Gasteiger partial charge in [-0.15, -0.1) is 0 Å². The second-order valence-corrected chi connectivity index (χ2v) is 4.72. The summed E-state index contributed by atoms with van der Waals surface area (Å²) in [4.78, 5) is 23.7. The summed E-state index contributed by atoms with van der Waals surface area (Å²) in [7, 11) is 0. The van der Waals surface area contributed by atoms with E-state index in [1.807, 2.05) is 0 Å². The first kappa shape index (κ1) is 18.5. The third kappa shape index (κ3) is 6.62. The zero-order valence-corrected chi connectivity index (χ0v) is 12.4. The molecule has 0 fully saturated rings. The van der Waals surface area contributed by atoms with Gasteiger partial charge in [-0.3, -0.25) is 0 Å². The maximum Gasteiger partial charge on any atom is 0.368 e. The summed E-state index contributed by atoms with van der Waals surface area (Å²) in [6, 6.07) is -0.938. The highest BCUT2D eigenvalue weighted by atomic mass is 32.2. The molecule has 116 valence electrons. The molecule has 0 amide bonds. The fraction of sp³-hybridized carbons (Fsp3) is 0.727. The molecule has 0 aromatic heterocycles. The molecule has 9 heteroatoms. The van der Waals surface area contributed by atoms with Crippen LogP contribution in [0.25, 0.3) is 0 Å². The Morgan fingerprint density at radius 1 is 1.45 bits per heavy atom. The smallest absolute Gasteiger partial charge is 0.368 e. The Morgan fingerprint density at radius 3 is 2.55 bits per heavy atom. The number of carboxylic acids is 1. The largest absolute Gasteiger partial charge is 0.480 e. The molecule has 0 aromatic carbocycles. The number of hydrogen-bond donors (Lipinski definition) is 3. The summed E-state index contributed by atoms with van der Waals surface area (Å²) in [5.74, 6) is -1.01. The summed E-state index contributed by atoms with van der Waals surface area (Å²) in [5.41, 5.74) is 5.37. The number of aliphatic carboxylic acids is 1. The van der Waals surface area contributed by atoms with Crippen molar-refractivity contribution in [3.63, 3.8) is 0 Å². The van der Waals surface area contributed by atoms with Crippen molar-refractivity contribution in [1.29, 1.82) is 0 Å². The number of carbonyl (C=O) groups is 2. The maximum atomic E-state index is 11.3. The van der Waals surface area contributed by atoms with Gasteiger partial charge in [0.15, 0.2) is 6.73 Å². The molecular weight excluding hydrogens is 286 g/mol. The molecular formula is C11H21N3O5S. The van der Waals surface area contributed by atoms with Crippen LogP contribution in [-0.4, -0.2) is 57.9 Å². The number of rotatable bonds is 8. The van der Waals surface area contributed by atoms with Crippen molar-refractivity contribution in [1.82, 2.24) is 4.90 Å². The first-order valence-electron chi connectivity index (χ1n) is 6.06. The number of carbonyl (C=O) groups excluding carboxylic acids is 1. The Morgan fingerprint density at radius 2 is 2.10 bits per heavy atom. The zero-order valence-electron chi connectivity index (χ0n) is 11.6. The lowest BCUT2D eigenvalue weighted by Gasteiger charge is -2.28. The standard InChI is InChI=1S/C11H21N3O5S/c1-8(13-18)14(7-19-11(17)20-2)9(10(15)16)5-3-4-6-12/h9,18H,3-7,12H2,1-2H3,(H,15,16)/b13-8+/t9-/m0/s1. The topological polar surface area (TPSA) is 125 Å². The molecule has 0 aliphatic rings. The van der Waals surface area contributed by atoms with Crippen LogP contribution in [0, 0.1) is 0 Å². The maximum absolute atomic E-state index is 11.3. The van der Waals surface area contributed by atoms with Gasteiger partial charge in [0.25, 0.3) is 0 Å². The molecule has 8 nitrogen and oxygen atoms in total. The molecule has 20 heavy (non-hydrogen) atoms. The minimum Gasteiger partial charge on any atom is -0.480 e. The Labute approximate surface area is 121 Å². The van der Waals surface area contributed by atoms with Crippen LogP contribution in [0.2, 0.25) is 0 Å². The summed E-state index contributed by atoms with van der Waals surface area (Å²) in [6.07, 6.45) is 3.17. The van der Waals surface area contributed by atoms with Gasteiger partial charge in [0.1, 0.15) is 11.9 Å². The average molecular weight is 307 g/mol. The van der Waals surface area contributed by atoms with Gasteiger partial charge in [0.2, 0.25) is 0 Å². The Hall–Kier alpha value is -1.48. The summed E-state index contributed by atoms with van der Waals surface area (Å²) < 4.78 is 4.88. The van der Waals surface area contributed by atoms with Crippen molar-refractivity contribution < 1.29 is 24.6 Å². The summed E-state index contributed by atoms with van der Waals surface area (Å²) in [6.45, 7) is 1.63. The molecule has 0 rings (SSSR count). The SMILES string of the molecule is CSC(=O)OCN(/C(C)=N/O)[C@@H](CCCCN)C(=O)O. The molecule has 0 aromatic rings. The van der Waals surface area contributed by atoms with E-state index in [1.54, 1.807) is 6.26 Å². The van der Waals surface area contributed by atoms with Gasteiger partial charge in [-0.25, -0.2) is 9.59 Å².